The highest BCUT2D eigenvalue weighted by atomic mass is 35.5. The van der Waals surface area contributed by atoms with E-state index in [-0.39, 0.29) is 0 Å². The van der Waals surface area contributed by atoms with Crippen molar-refractivity contribution in [3.63, 3.8) is 0 Å². The van der Waals surface area contributed by atoms with E-state index in [4.69, 9.17) is 11.6 Å². The van der Waals surface area contributed by atoms with E-state index in [0.29, 0.717) is 11.6 Å². The third-order valence-electron chi connectivity index (χ3n) is 2.04. The second-order valence-electron chi connectivity index (χ2n) is 3.06. The lowest BCUT2D eigenvalue weighted by Crippen LogP contribution is -2.00. The molecule has 0 saturated carbocycles. The lowest BCUT2D eigenvalue weighted by atomic mass is 10.2. The minimum Gasteiger partial charge on any atom is -0.258 e. The molecule has 2 aromatic heterocycles. The van der Waals surface area contributed by atoms with Crippen molar-refractivity contribution >= 4 is 11.6 Å². The zero-order valence-electron chi connectivity index (χ0n) is 8.18. The van der Waals surface area contributed by atoms with Crippen LogP contribution in [0.2, 0.25) is 5.15 Å². The van der Waals surface area contributed by atoms with Gasteiger partial charge in [0.2, 0.25) is 0 Å². The summed E-state index contributed by atoms with van der Waals surface area (Å²) >= 11 is 5.90. The molecule has 0 unspecified atom stereocenters. The number of halogens is 1. The molecule has 15 heavy (non-hydrogen) atoms. The van der Waals surface area contributed by atoms with Crippen LogP contribution in [0.4, 0.5) is 0 Å². The van der Waals surface area contributed by atoms with Gasteiger partial charge < -0.3 is 0 Å². The van der Waals surface area contributed by atoms with Crippen LogP contribution in [0.25, 0.3) is 0 Å². The van der Waals surface area contributed by atoms with Crippen LogP contribution in [0.1, 0.15) is 17.1 Å². The van der Waals surface area contributed by atoms with Gasteiger partial charge in [0.25, 0.3) is 0 Å². The summed E-state index contributed by atoms with van der Waals surface area (Å²) < 4.78 is 0. The van der Waals surface area contributed by atoms with E-state index in [0.717, 1.165) is 17.1 Å². The van der Waals surface area contributed by atoms with Gasteiger partial charge in [-0.1, -0.05) is 11.6 Å². The number of rotatable bonds is 2. The summed E-state index contributed by atoms with van der Waals surface area (Å²) in [5.74, 6) is 0. The second kappa shape index (κ2) is 4.31. The predicted octanol–water partition coefficient (Wildman–Crippen LogP) is 1.82. The quantitative estimate of drug-likeness (QED) is 0.775. The molecule has 76 valence electrons. The van der Waals surface area contributed by atoms with Gasteiger partial charge in [-0.2, -0.15) is 0 Å². The van der Waals surface area contributed by atoms with Crippen LogP contribution in [-0.2, 0) is 6.42 Å². The van der Waals surface area contributed by atoms with Crippen LogP contribution in [0.3, 0.4) is 0 Å². The fourth-order valence-corrected chi connectivity index (χ4v) is 1.41. The highest BCUT2D eigenvalue weighted by Gasteiger charge is 2.06. The largest absolute Gasteiger partial charge is 0.258 e. The maximum absolute atomic E-state index is 5.90. The van der Waals surface area contributed by atoms with Crippen LogP contribution in [0.5, 0.6) is 0 Å². The molecule has 5 heteroatoms. The van der Waals surface area contributed by atoms with E-state index in [1.165, 1.54) is 0 Å². The molecular weight excluding hydrogens is 212 g/mol. The fourth-order valence-electron chi connectivity index (χ4n) is 1.24. The molecule has 0 atom stereocenters. The van der Waals surface area contributed by atoms with Crippen molar-refractivity contribution in [1.82, 2.24) is 19.9 Å². The average Bonchev–Trinajstić information content (AvgIpc) is 2.24. The van der Waals surface area contributed by atoms with Gasteiger partial charge in [-0.25, -0.2) is 4.98 Å². The van der Waals surface area contributed by atoms with Crippen LogP contribution < -0.4 is 0 Å². The van der Waals surface area contributed by atoms with Crippen LogP contribution >= 0.6 is 11.6 Å². The van der Waals surface area contributed by atoms with Crippen molar-refractivity contribution in [2.24, 2.45) is 0 Å². The number of hydrogen-bond donors (Lipinski definition) is 0. The van der Waals surface area contributed by atoms with Gasteiger partial charge in [-0.3, -0.25) is 15.0 Å². The van der Waals surface area contributed by atoms with Gasteiger partial charge in [0.1, 0.15) is 0 Å². The van der Waals surface area contributed by atoms with Gasteiger partial charge >= 0.3 is 0 Å². The Morgan fingerprint density at radius 3 is 2.20 bits per heavy atom. The monoisotopic (exact) mass is 220 g/mol. The topological polar surface area (TPSA) is 51.6 Å². The Kier molecular flexibility index (Phi) is 2.87. The van der Waals surface area contributed by atoms with Gasteiger partial charge in [-0.15, -0.1) is 0 Å². The molecule has 0 saturated heterocycles. The van der Waals surface area contributed by atoms with Crippen molar-refractivity contribution < 1.29 is 0 Å². The zero-order valence-corrected chi connectivity index (χ0v) is 8.94. The van der Waals surface area contributed by atoms with Gasteiger partial charge in [0.05, 0.1) is 17.1 Å². The van der Waals surface area contributed by atoms with Crippen LogP contribution in [0.15, 0.2) is 24.8 Å². The molecule has 4 nitrogen and oxygen atoms in total. The van der Waals surface area contributed by atoms with Crippen LogP contribution in [0, 0.1) is 6.92 Å². The summed E-state index contributed by atoms with van der Waals surface area (Å²) in [4.78, 5) is 16.5. The normalized spacial score (nSPS) is 10.3. The Bertz CT molecular complexity index is 429. The smallest absolute Gasteiger partial charge is 0.150 e. The summed E-state index contributed by atoms with van der Waals surface area (Å²) in [5.41, 5.74) is 2.49. The molecule has 2 aromatic rings. The van der Waals surface area contributed by atoms with Crippen molar-refractivity contribution in [3.8, 4) is 0 Å². The minimum atomic E-state index is 0.419. The van der Waals surface area contributed by atoms with Gasteiger partial charge in [-0.05, 0) is 6.92 Å². The molecule has 0 aliphatic heterocycles. The molecule has 0 bridgehead atoms. The Morgan fingerprint density at radius 2 is 1.53 bits per heavy atom. The van der Waals surface area contributed by atoms with E-state index >= 15 is 0 Å². The Morgan fingerprint density at radius 1 is 0.933 bits per heavy atom. The number of aromatic nitrogens is 4. The molecule has 0 radical (unpaired) electrons. The van der Waals surface area contributed by atoms with Crippen LogP contribution in [-0.4, -0.2) is 19.9 Å². The standard InChI is InChI=1S/C10H9ClN4/c1-7-8(13-3-2-12-7)6-9-10(11)15-5-4-14-9/h2-5H,6H2,1H3. The van der Waals surface area contributed by atoms with Crippen molar-refractivity contribution in [3.05, 3.63) is 47.0 Å². The fraction of sp³-hybridized carbons (Fsp3) is 0.200. The molecule has 2 rings (SSSR count). The second-order valence-corrected chi connectivity index (χ2v) is 3.42. The highest BCUT2D eigenvalue weighted by Crippen LogP contribution is 2.13. The van der Waals surface area contributed by atoms with E-state index in [9.17, 15) is 0 Å². The summed E-state index contributed by atoms with van der Waals surface area (Å²) in [6.07, 6.45) is 7.07. The summed E-state index contributed by atoms with van der Waals surface area (Å²) in [7, 11) is 0. The van der Waals surface area contributed by atoms with E-state index in [1.807, 2.05) is 6.92 Å². The number of aryl methyl sites for hydroxylation is 1. The molecule has 0 amide bonds. The number of hydrogen-bond acceptors (Lipinski definition) is 4. The zero-order chi connectivity index (χ0) is 10.7. The first kappa shape index (κ1) is 9.98. The first-order valence-electron chi connectivity index (χ1n) is 4.49. The molecule has 0 aliphatic carbocycles. The highest BCUT2D eigenvalue weighted by molar-refractivity contribution is 6.30. The van der Waals surface area contributed by atoms with E-state index < -0.39 is 0 Å². The van der Waals surface area contributed by atoms with Crippen molar-refractivity contribution in [1.29, 1.82) is 0 Å². The summed E-state index contributed by atoms with van der Waals surface area (Å²) in [5, 5.41) is 0.419. The molecular formula is C10H9ClN4. The Hall–Kier alpha value is -1.55. The third-order valence-corrected chi connectivity index (χ3v) is 2.36. The maximum atomic E-state index is 5.90. The van der Waals surface area contributed by atoms with Gasteiger partial charge in [0, 0.05) is 31.2 Å². The maximum Gasteiger partial charge on any atom is 0.150 e. The lowest BCUT2D eigenvalue weighted by molar-refractivity contribution is 0.939. The van der Waals surface area contributed by atoms with E-state index in [2.05, 4.69) is 19.9 Å². The molecule has 0 aromatic carbocycles. The first-order chi connectivity index (χ1) is 7.27. The number of nitrogens with zero attached hydrogens (tertiary/aromatic N) is 4. The SMILES string of the molecule is Cc1nccnc1Cc1nccnc1Cl. The minimum absolute atomic E-state index is 0.419. The molecule has 0 spiro atoms. The van der Waals surface area contributed by atoms with Gasteiger partial charge in [0.15, 0.2) is 5.15 Å². The lowest BCUT2D eigenvalue weighted by Gasteiger charge is -2.03. The van der Waals surface area contributed by atoms with Crippen molar-refractivity contribution in [2.75, 3.05) is 0 Å². The first-order valence-corrected chi connectivity index (χ1v) is 4.87. The summed E-state index contributed by atoms with van der Waals surface area (Å²) in [6.45, 7) is 1.91. The summed E-state index contributed by atoms with van der Waals surface area (Å²) in [6, 6.07) is 0. The Balaban J connectivity index is 2.30. The third kappa shape index (κ3) is 2.27. The molecule has 0 aliphatic rings. The Labute approximate surface area is 92.4 Å². The molecule has 0 N–H and O–H groups in total. The molecule has 0 fully saturated rings. The van der Waals surface area contributed by atoms with Crippen molar-refractivity contribution in [2.45, 2.75) is 13.3 Å². The predicted molar refractivity (Wildman–Crippen MR) is 56.6 cm³/mol. The molecule has 2 heterocycles. The average molecular weight is 221 g/mol. The van der Waals surface area contributed by atoms with E-state index in [1.54, 1.807) is 24.8 Å².